The zero-order chi connectivity index (χ0) is 23.4. The molecule has 9 nitrogen and oxygen atoms in total. The highest BCUT2D eigenvalue weighted by Crippen LogP contribution is 2.16. The fourth-order valence-electron chi connectivity index (χ4n) is 3.42. The molecule has 0 saturated carbocycles. The summed E-state index contributed by atoms with van der Waals surface area (Å²) in [5.74, 6) is -0.185. The molecule has 1 N–H and O–H groups in total. The van der Waals surface area contributed by atoms with Crippen molar-refractivity contribution in [3.8, 4) is 5.95 Å². The number of rotatable bonds is 7. The van der Waals surface area contributed by atoms with E-state index in [2.05, 4.69) is 25.4 Å². The number of esters is 1. The molecule has 0 radical (unpaired) electrons. The quantitative estimate of drug-likeness (QED) is 0.436. The lowest BCUT2D eigenvalue weighted by molar-refractivity contribution is -0.147. The van der Waals surface area contributed by atoms with E-state index in [1.54, 1.807) is 13.0 Å². The Balaban J connectivity index is 1.32. The maximum Gasteiger partial charge on any atom is 0.306 e. The molecule has 0 aliphatic rings. The molecule has 33 heavy (non-hydrogen) atoms. The van der Waals surface area contributed by atoms with Crippen molar-refractivity contribution in [1.29, 1.82) is 0 Å². The average Bonchev–Trinajstić information content (AvgIpc) is 3.15. The first-order valence-corrected chi connectivity index (χ1v) is 10.6. The smallest absolute Gasteiger partial charge is 0.306 e. The normalized spacial score (nSPS) is 10.9. The largest absolute Gasteiger partial charge is 0.456 e. The SMILES string of the molecule is Cc1cc(C)nc(-n2nc(C)cc2NC(=O)COC(=O)CCc2ccc3ccccc3n2)n1. The lowest BCUT2D eigenvalue weighted by Crippen LogP contribution is -2.23. The first kappa shape index (κ1) is 22.1. The minimum Gasteiger partial charge on any atom is -0.456 e. The Hall–Kier alpha value is -4.14. The van der Waals surface area contributed by atoms with Gasteiger partial charge < -0.3 is 10.1 Å². The van der Waals surface area contributed by atoms with Gasteiger partial charge in [0.1, 0.15) is 5.82 Å². The summed E-state index contributed by atoms with van der Waals surface area (Å²) in [6.45, 7) is 5.12. The summed E-state index contributed by atoms with van der Waals surface area (Å²) in [6.07, 6.45) is 0.563. The summed E-state index contributed by atoms with van der Waals surface area (Å²) in [6, 6.07) is 15.2. The van der Waals surface area contributed by atoms with Gasteiger partial charge in [-0.2, -0.15) is 9.78 Å². The number of ether oxygens (including phenoxy) is 1. The van der Waals surface area contributed by atoms with E-state index in [0.29, 0.717) is 23.9 Å². The van der Waals surface area contributed by atoms with Crippen LogP contribution in [0.1, 0.15) is 29.2 Å². The molecule has 0 spiro atoms. The van der Waals surface area contributed by atoms with Crippen molar-refractivity contribution in [2.45, 2.75) is 33.6 Å². The summed E-state index contributed by atoms with van der Waals surface area (Å²) < 4.78 is 6.59. The number of aromatic nitrogens is 5. The number of anilines is 1. The number of hydrogen-bond donors (Lipinski definition) is 1. The van der Waals surface area contributed by atoms with E-state index in [1.807, 2.05) is 56.3 Å². The highest BCUT2D eigenvalue weighted by molar-refractivity contribution is 5.92. The Morgan fingerprint density at radius 1 is 0.939 bits per heavy atom. The monoisotopic (exact) mass is 444 g/mol. The predicted octanol–water partition coefficient (Wildman–Crippen LogP) is 3.25. The van der Waals surface area contributed by atoms with E-state index in [4.69, 9.17) is 4.74 Å². The van der Waals surface area contributed by atoms with Crippen LogP contribution in [0.15, 0.2) is 48.5 Å². The summed E-state index contributed by atoms with van der Waals surface area (Å²) in [4.78, 5) is 37.8. The summed E-state index contributed by atoms with van der Waals surface area (Å²) in [5.41, 5.74) is 3.94. The molecule has 0 bridgehead atoms. The van der Waals surface area contributed by atoms with Gasteiger partial charge in [-0.3, -0.25) is 14.6 Å². The number of para-hydroxylation sites is 1. The van der Waals surface area contributed by atoms with Gasteiger partial charge in [0, 0.05) is 35.0 Å². The number of benzene rings is 1. The highest BCUT2D eigenvalue weighted by Gasteiger charge is 2.15. The Morgan fingerprint density at radius 3 is 2.48 bits per heavy atom. The molecule has 168 valence electrons. The number of aryl methyl sites for hydroxylation is 4. The van der Waals surface area contributed by atoms with Crippen LogP contribution in [0, 0.1) is 20.8 Å². The molecule has 0 aliphatic heterocycles. The van der Waals surface area contributed by atoms with Crippen LogP contribution in [-0.4, -0.2) is 43.2 Å². The highest BCUT2D eigenvalue weighted by atomic mass is 16.5. The molecule has 0 unspecified atom stereocenters. The van der Waals surface area contributed by atoms with Crippen LogP contribution in [-0.2, 0) is 20.7 Å². The van der Waals surface area contributed by atoms with Crippen molar-refractivity contribution < 1.29 is 14.3 Å². The molecule has 0 saturated heterocycles. The summed E-state index contributed by atoms with van der Waals surface area (Å²) >= 11 is 0. The number of pyridine rings is 1. The maximum absolute atomic E-state index is 12.4. The van der Waals surface area contributed by atoms with Crippen LogP contribution in [0.5, 0.6) is 0 Å². The van der Waals surface area contributed by atoms with Gasteiger partial charge in [-0.1, -0.05) is 24.3 Å². The van der Waals surface area contributed by atoms with Crippen LogP contribution in [0.25, 0.3) is 16.9 Å². The van der Waals surface area contributed by atoms with E-state index in [1.165, 1.54) is 4.68 Å². The molecule has 9 heteroatoms. The molecule has 3 heterocycles. The number of nitrogens with zero attached hydrogens (tertiary/aromatic N) is 5. The molecule has 1 aromatic carbocycles. The van der Waals surface area contributed by atoms with E-state index in [9.17, 15) is 9.59 Å². The van der Waals surface area contributed by atoms with Gasteiger partial charge in [0.2, 0.25) is 0 Å². The van der Waals surface area contributed by atoms with Crippen molar-refractivity contribution in [3.63, 3.8) is 0 Å². The Bertz CT molecular complexity index is 1310. The third-order valence-electron chi connectivity index (χ3n) is 4.86. The Labute approximate surface area is 190 Å². The molecular weight excluding hydrogens is 420 g/mol. The molecule has 0 aliphatic carbocycles. The average molecular weight is 444 g/mol. The van der Waals surface area contributed by atoms with E-state index < -0.39 is 18.5 Å². The number of nitrogens with one attached hydrogen (secondary N) is 1. The number of amides is 1. The minimum atomic E-state index is -0.474. The van der Waals surface area contributed by atoms with Crippen molar-refractivity contribution >= 4 is 28.6 Å². The first-order valence-electron chi connectivity index (χ1n) is 10.6. The van der Waals surface area contributed by atoms with Gasteiger partial charge in [-0.05, 0) is 39.0 Å². The number of fused-ring (bicyclic) bond motifs is 1. The fraction of sp³-hybridized carbons (Fsp3) is 0.250. The third-order valence-corrected chi connectivity index (χ3v) is 4.86. The van der Waals surface area contributed by atoms with E-state index >= 15 is 0 Å². The van der Waals surface area contributed by atoms with Crippen LogP contribution in [0.3, 0.4) is 0 Å². The standard InChI is InChI=1S/C24H24N6O3/c1-15-12-16(2)26-24(25-15)30-21(13-17(3)29-30)28-22(31)14-33-23(32)11-10-19-9-8-18-6-4-5-7-20(18)27-19/h4-9,12-13H,10-11,14H2,1-3H3,(H,28,31). The molecule has 4 rings (SSSR count). The van der Waals surface area contributed by atoms with Crippen LogP contribution in [0.2, 0.25) is 0 Å². The van der Waals surface area contributed by atoms with Crippen molar-refractivity contribution in [2.75, 3.05) is 11.9 Å². The second kappa shape index (κ2) is 9.56. The van der Waals surface area contributed by atoms with Crippen molar-refractivity contribution in [2.24, 2.45) is 0 Å². The number of hydrogen-bond acceptors (Lipinski definition) is 7. The van der Waals surface area contributed by atoms with Crippen LogP contribution >= 0.6 is 0 Å². The van der Waals surface area contributed by atoms with Gasteiger partial charge in [0.25, 0.3) is 11.9 Å². The minimum absolute atomic E-state index is 0.131. The zero-order valence-corrected chi connectivity index (χ0v) is 18.7. The summed E-state index contributed by atoms with van der Waals surface area (Å²) in [7, 11) is 0. The molecule has 4 aromatic rings. The number of carbonyl (C=O) groups excluding carboxylic acids is 2. The summed E-state index contributed by atoms with van der Waals surface area (Å²) in [5, 5.41) is 8.11. The number of carbonyl (C=O) groups is 2. The van der Waals surface area contributed by atoms with E-state index in [-0.39, 0.29) is 6.42 Å². The van der Waals surface area contributed by atoms with Crippen LogP contribution in [0.4, 0.5) is 5.82 Å². The molecular formula is C24H24N6O3. The maximum atomic E-state index is 12.4. The zero-order valence-electron chi connectivity index (χ0n) is 18.7. The lowest BCUT2D eigenvalue weighted by atomic mass is 10.1. The molecule has 3 aromatic heterocycles. The van der Waals surface area contributed by atoms with Gasteiger partial charge in [0.05, 0.1) is 17.6 Å². The molecule has 1 amide bonds. The van der Waals surface area contributed by atoms with Gasteiger partial charge in [0.15, 0.2) is 6.61 Å². The van der Waals surface area contributed by atoms with Crippen LogP contribution < -0.4 is 5.32 Å². The lowest BCUT2D eigenvalue weighted by Gasteiger charge is -2.09. The van der Waals surface area contributed by atoms with Crippen molar-refractivity contribution in [3.05, 3.63) is 71.3 Å². The first-order chi connectivity index (χ1) is 15.9. The fourth-order valence-corrected chi connectivity index (χ4v) is 3.42. The predicted molar refractivity (Wildman–Crippen MR) is 123 cm³/mol. The third kappa shape index (κ3) is 5.57. The van der Waals surface area contributed by atoms with Gasteiger partial charge in [-0.25, -0.2) is 9.97 Å². The molecule has 0 fully saturated rings. The van der Waals surface area contributed by atoms with Gasteiger partial charge >= 0.3 is 5.97 Å². The molecule has 0 atom stereocenters. The van der Waals surface area contributed by atoms with Gasteiger partial charge in [-0.15, -0.1) is 0 Å². The Morgan fingerprint density at radius 2 is 1.70 bits per heavy atom. The van der Waals surface area contributed by atoms with Crippen molar-refractivity contribution in [1.82, 2.24) is 24.7 Å². The second-order valence-electron chi connectivity index (χ2n) is 7.74. The topological polar surface area (TPSA) is 112 Å². The Kier molecular flexibility index (Phi) is 6.39. The second-order valence-corrected chi connectivity index (χ2v) is 7.74. The van der Waals surface area contributed by atoms with E-state index in [0.717, 1.165) is 28.0 Å².